The summed E-state index contributed by atoms with van der Waals surface area (Å²) in [7, 11) is 1.57. The first kappa shape index (κ1) is 15.6. The Balaban J connectivity index is 2.24. The summed E-state index contributed by atoms with van der Waals surface area (Å²) in [5, 5.41) is 11.8. The summed E-state index contributed by atoms with van der Waals surface area (Å²) in [6, 6.07) is 6.48. The molecule has 2 N–H and O–H groups in total. The van der Waals surface area contributed by atoms with Crippen LogP contribution in [0.4, 0.5) is 5.69 Å². The van der Waals surface area contributed by atoms with E-state index in [-0.39, 0.29) is 17.1 Å². The molecule has 0 atom stereocenters. The summed E-state index contributed by atoms with van der Waals surface area (Å²) in [5.41, 5.74) is 1.45. The lowest BCUT2D eigenvalue weighted by atomic mass is 10.2. The summed E-state index contributed by atoms with van der Waals surface area (Å²) >= 11 is 0. The molecular weight excluding hydrogens is 286 g/mol. The van der Waals surface area contributed by atoms with Gasteiger partial charge in [0.25, 0.3) is 5.91 Å². The monoisotopic (exact) mass is 303 g/mol. The van der Waals surface area contributed by atoms with Crippen molar-refractivity contribution in [3.63, 3.8) is 0 Å². The molecule has 6 heteroatoms. The minimum atomic E-state index is -1.11. The number of carboxylic acids is 1. The van der Waals surface area contributed by atoms with Gasteiger partial charge in [-0.15, -0.1) is 0 Å². The molecule has 0 aliphatic rings. The van der Waals surface area contributed by atoms with Crippen molar-refractivity contribution in [1.82, 2.24) is 0 Å². The predicted octanol–water partition coefficient (Wildman–Crippen LogP) is 3.11. The highest BCUT2D eigenvalue weighted by atomic mass is 16.5. The normalized spacial score (nSPS) is 10.3. The zero-order chi connectivity index (χ0) is 16.3. The SMILES string of the molecule is CCc1oc(C(=O)Nc2ccc(OC)cc2C)cc1C(=O)O. The van der Waals surface area contributed by atoms with Crippen LogP contribution in [0.3, 0.4) is 0 Å². The van der Waals surface area contributed by atoms with Gasteiger partial charge in [0.1, 0.15) is 17.1 Å². The molecule has 0 aliphatic carbocycles. The van der Waals surface area contributed by atoms with E-state index in [0.717, 1.165) is 5.56 Å². The Morgan fingerprint density at radius 1 is 1.32 bits per heavy atom. The van der Waals surface area contributed by atoms with Crippen molar-refractivity contribution < 1.29 is 23.8 Å². The van der Waals surface area contributed by atoms with Crippen LogP contribution in [0.25, 0.3) is 0 Å². The zero-order valence-electron chi connectivity index (χ0n) is 12.6. The van der Waals surface area contributed by atoms with Gasteiger partial charge in [-0.25, -0.2) is 4.79 Å². The number of aromatic carboxylic acids is 1. The molecular formula is C16H17NO5. The molecule has 0 radical (unpaired) electrons. The molecule has 1 aromatic heterocycles. The second kappa shape index (κ2) is 6.34. The first-order valence-corrected chi connectivity index (χ1v) is 6.78. The number of carbonyl (C=O) groups is 2. The topological polar surface area (TPSA) is 88.8 Å². The molecule has 1 heterocycles. The summed E-state index contributed by atoms with van der Waals surface area (Å²) in [5.74, 6) is -0.653. The number of amides is 1. The number of carboxylic acid groups (broad SMARTS) is 1. The number of furan rings is 1. The fourth-order valence-electron chi connectivity index (χ4n) is 2.07. The second-order valence-corrected chi connectivity index (χ2v) is 4.74. The van der Waals surface area contributed by atoms with E-state index >= 15 is 0 Å². The third-order valence-electron chi connectivity index (χ3n) is 3.27. The Labute approximate surface area is 127 Å². The van der Waals surface area contributed by atoms with Gasteiger partial charge < -0.3 is 19.6 Å². The van der Waals surface area contributed by atoms with Crippen molar-refractivity contribution in [3.8, 4) is 5.75 Å². The van der Waals surface area contributed by atoms with Crippen molar-refractivity contribution in [3.05, 3.63) is 46.9 Å². The molecule has 2 aromatic rings. The van der Waals surface area contributed by atoms with Crippen LogP contribution < -0.4 is 10.1 Å². The van der Waals surface area contributed by atoms with Crippen molar-refractivity contribution in [2.45, 2.75) is 20.3 Å². The molecule has 116 valence electrons. The maximum Gasteiger partial charge on any atom is 0.339 e. The van der Waals surface area contributed by atoms with Gasteiger partial charge in [-0.2, -0.15) is 0 Å². The maximum absolute atomic E-state index is 12.2. The quantitative estimate of drug-likeness (QED) is 0.886. The van der Waals surface area contributed by atoms with Crippen molar-refractivity contribution >= 4 is 17.6 Å². The minimum absolute atomic E-state index is 0.0131. The number of carbonyl (C=O) groups excluding carboxylic acids is 1. The van der Waals surface area contributed by atoms with Gasteiger partial charge in [-0.3, -0.25) is 4.79 Å². The smallest absolute Gasteiger partial charge is 0.339 e. The van der Waals surface area contributed by atoms with Gasteiger partial charge in [0, 0.05) is 18.2 Å². The molecule has 22 heavy (non-hydrogen) atoms. The van der Waals surface area contributed by atoms with Crippen molar-refractivity contribution in [2.24, 2.45) is 0 Å². The average molecular weight is 303 g/mol. The van der Waals surface area contributed by atoms with Crippen LogP contribution in [0.1, 0.15) is 39.2 Å². The van der Waals surface area contributed by atoms with Crippen LogP contribution in [0, 0.1) is 6.92 Å². The number of benzene rings is 1. The van der Waals surface area contributed by atoms with E-state index in [1.54, 1.807) is 32.2 Å². The minimum Gasteiger partial charge on any atom is -0.497 e. The van der Waals surface area contributed by atoms with Gasteiger partial charge in [0.15, 0.2) is 5.76 Å². The molecule has 0 bridgehead atoms. The fourth-order valence-corrected chi connectivity index (χ4v) is 2.07. The number of rotatable bonds is 5. The van der Waals surface area contributed by atoms with Crippen LogP contribution >= 0.6 is 0 Å². The molecule has 0 saturated heterocycles. The molecule has 1 amide bonds. The van der Waals surface area contributed by atoms with E-state index in [4.69, 9.17) is 14.3 Å². The van der Waals surface area contributed by atoms with Crippen LogP contribution in [0.2, 0.25) is 0 Å². The largest absolute Gasteiger partial charge is 0.497 e. The van der Waals surface area contributed by atoms with Gasteiger partial charge in [-0.05, 0) is 30.7 Å². The maximum atomic E-state index is 12.2. The molecule has 6 nitrogen and oxygen atoms in total. The van der Waals surface area contributed by atoms with Gasteiger partial charge in [0.05, 0.1) is 7.11 Å². The van der Waals surface area contributed by atoms with E-state index in [2.05, 4.69) is 5.32 Å². The summed E-state index contributed by atoms with van der Waals surface area (Å²) in [4.78, 5) is 23.3. The Bertz CT molecular complexity index is 717. The highest BCUT2D eigenvalue weighted by Gasteiger charge is 2.20. The molecule has 0 spiro atoms. The number of aryl methyl sites for hydroxylation is 2. The summed E-state index contributed by atoms with van der Waals surface area (Å²) in [6.07, 6.45) is 0.399. The lowest BCUT2D eigenvalue weighted by Gasteiger charge is -2.08. The zero-order valence-corrected chi connectivity index (χ0v) is 12.6. The Morgan fingerprint density at radius 2 is 2.05 bits per heavy atom. The van der Waals surface area contributed by atoms with Gasteiger partial charge in [-0.1, -0.05) is 6.92 Å². The standard InChI is InChI=1S/C16H17NO5/c1-4-13-11(16(19)20)8-14(22-13)15(18)17-12-6-5-10(21-3)7-9(12)2/h5-8H,4H2,1-3H3,(H,17,18)(H,19,20). The molecule has 0 aliphatic heterocycles. The van der Waals surface area contributed by atoms with E-state index in [1.165, 1.54) is 6.07 Å². The number of nitrogens with one attached hydrogen (secondary N) is 1. The highest BCUT2D eigenvalue weighted by molar-refractivity contribution is 6.04. The number of hydrogen-bond donors (Lipinski definition) is 2. The van der Waals surface area contributed by atoms with E-state index in [0.29, 0.717) is 17.9 Å². The lowest BCUT2D eigenvalue weighted by Crippen LogP contribution is -2.12. The number of methoxy groups -OCH3 is 1. The first-order valence-electron chi connectivity index (χ1n) is 6.78. The van der Waals surface area contributed by atoms with Crippen LogP contribution in [0.15, 0.2) is 28.7 Å². The van der Waals surface area contributed by atoms with Gasteiger partial charge >= 0.3 is 5.97 Å². The van der Waals surface area contributed by atoms with E-state index < -0.39 is 11.9 Å². The third-order valence-corrected chi connectivity index (χ3v) is 3.27. The van der Waals surface area contributed by atoms with E-state index in [9.17, 15) is 9.59 Å². The Morgan fingerprint density at radius 3 is 2.55 bits per heavy atom. The molecule has 0 fully saturated rings. The number of anilines is 1. The number of ether oxygens (including phenoxy) is 1. The number of hydrogen-bond acceptors (Lipinski definition) is 4. The molecule has 2 rings (SSSR count). The molecule has 0 saturated carbocycles. The molecule has 0 unspecified atom stereocenters. The fraction of sp³-hybridized carbons (Fsp3) is 0.250. The Kier molecular flexibility index (Phi) is 4.50. The van der Waals surface area contributed by atoms with Crippen molar-refractivity contribution in [1.29, 1.82) is 0 Å². The summed E-state index contributed by atoms with van der Waals surface area (Å²) in [6.45, 7) is 3.60. The van der Waals surface area contributed by atoms with Crippen LogP contribution in [-0.2, 0) is 6.42 Å². The van der Waals surface area contributed by atoms with Crippen molar-refractivity contribution in [2.75, 3.05) is 12.4 Å². The predicted molar refractivity (Wildman–Crippen MR) is 80.7 cm³/mol. The van der Waals surface area contributed by atoms with Crippen LogP contribution in [0.5, 0.6) is 5.75 Å². The van der Waals surface area contributed by atoms with Gasteiger partial charge in [0.2, 0.25) is 0 Å². The Hall–Kier alpha value is -2.76. The third kappa shape index (κ3) is 3.11. The van der Waals surface area contributed by atoms with Crippen LogP contribution in [-0.4, -0.2) is 24.1 Å². The summed E-state index contributed by atoms with van der Waals surface area (Å²) < 4.78 is 10.4. The second-order valence-electron chi connectivity index (χ2n) is 4.74. The average Bonchev–Trinajstić information content (AvgIpc) is 2.93. The lowest BCUT2D eigenvalue weighted by molar-refractivity contribution is 0.0694. The first-order chi connectivity index (χ1) is 10.5. The molecule has 1 aromatic carbocycles. The van der Waals surface area contributed by atoms with E-state index in [1.807, 2.05) is 6.92 Å². The highest BCUT2D eigenvalue weighted by Crippen LogP contribution is 2.23.